The van der Waals surface area contributed by atoms with Gasteiger partial charge in [-0.2, -0.15) is 0 Å². The molecule has 0 atom stereocenters. The lowest BCUT2D eigenvalue weighted by molar-refractivity contribution is -0.121. The Morgan fingerprint density at radius 1 is 1.07 bits per heavy atom. The number of halogens is 2. The minimum Gasteiger partial charge on any atom is -0.379 e. The Morgan fingerprint density at radius 2 is 1.80 bits per heavy atom. The first-order valence-corrected chi connectivity index (χ1v) is 10.2. The van der Waals surface area contributed by atoms with Crippen molar-refractivity contribution in [2.75, 3.05) is 39.4 Å². The highest BCUT2D eigenvalue weighted by Crippen LogP contribution is 2.32. The summed E-state index contributed by atoms with van der Waals surface area (Å²) in [6.45, 7) is 4.63. The first-order valence-electron chi connectivity index (χ1n) is 10.2. The van der Waals surface area contributed by atoms with Gasteiger partial charge in [-0.05, 0) is 60.0 Å². The third kappa shape index (κ3) is 4.86. The smallest absolute Gasteiger partial charge is 0.220 e. The molecule has 7 heteroatoms. The molecule has 2 N–H and O–H groups in total. The maximum absolute atomic E-state index is 13.9. The zero-order valence-corrected chi connectivity index (χ0v) is 16.7. The average Bonchev–Trinajstić information content (AvgIpc) is 3.11. The van der Waals surface area contributed by atoms with Gasteiger partial charge in [-0.3, -0.25) is 9.69 Å². The Balaban J connectivity index is 1.45. The fraction of sp³-hybridized carbons (Fsp3) is 0.348. The third-order valence-electron chi connectivity index (χ3n) is 5.46. The summed E-state index contributed by atoms with van der Waals surface area (Å²) in [5.41, 5.74) is 3.24. The summed E-state index contributed by atoms with van der Waals surface area (Å²) >= 11 is 0. The molecular weight excluding hydrogens is 388 g/mol. The van der Waals surface area contributed by atoms with Gasteiger partial charge in [-0.25, -0.2) is 8.78 Å². The van der Waals surface area contributed by atoms with E-state index in [0.717, 1.165) is 60.6 Å². The van der Waals surface area contributed by atoms with Gasteiger partial charge in [0.2, 0.25) is 5.91 Å². The first kappa shape index (κ1) is 20.5. The summed E-state index contributed by atoms with van der Waals surface area (Å²) in [4.78, 5) is 17.9. The van der Waals surface area contributed by atoms with Gasteiger partial charge in [-0.15, -0.1) is 0 Å². The molecule has 1 amide bonds. The van der Waals surface area contributed by atoms with E-state index < -0.39 is 0 Å². The largest absolute Gasteiger partial charge is 0.379 e. The number of ether oxygens (including phenoxy) is 1. The maximum atomic E-state index is 13.9. The van der Waals surface area contributed by atoms with Crippen molar-refractivity contribution in [2.45, 2.75) is 12.8 Å². The molecule has 1 fully saturated rings. The highest BCUT2D eigenvalue weighted by atomic mass is 19.1. The van der Waals surface area contributed by atoms with Gasteiger partial charge in [0.25, 0.3) is 0 Å². The van der Waals surface area contributed by atoms with Gasteiger partial charge >= 0.3 is 0 Å². The van der Waals surface area contributed by atoms with E-state index in [1.807, 2.05) is 0 Å². The van der Waals surface area contributed by atoms with Crippen molar-refractivity contribution >= 4 is 16.8 Å². The van der Waals surface area contributed by atoms with Crippen LogP contribution in [0.4, 0.5) is 8.78 Å². The highest BCUT2D eigenvalue weighted by molar-refractivity contribution is 5.91. The number of amides is 1. The number of H-pyrrole nitrogens is 1. The predicted molar refractivity (Wildman–Crippen MR) is 112 cm³/mol. The number of fused-ring (bicyclic) bond motifs is 1. The molecule has 1 aromatic heterocycles. The van der Waals surface area contributed by atoms with E-state index in [0.29, 0.717) is 19.4 Å². The number of carbonyl (C=O) groups is 1. The molecule has 0 bridgehead atoms. The van der Waals surface area contributed by atoms with Crippen LogP contribution in [0.5, 0.6) is 0 Å². The van der Waals surface area contributed by atoms with Crippen LogP contribution in [0.25, 0.3) is 22.2 Å². The molecule has 1 aliphatic rings. The molecular formula is C23H25F2N3O2. The second kappa shape index (κ2) is 9.36. The Morgan fingerprint density at radius 3 is 2.57 bits per heavy atom. The van der Waals surface area contributed by atoms with E-state index in [-0.39, 0.29) is 17.5 Å². The fourth-order valence-corrected chi connectivity index (χ4v) is 3.85. The molecule has 1 aliphatic heterocycles. The van der Waals surface area contributed by atoms with E-state index in [9.17, 15) is 13.6 Å². The SMILES string of the molecule is O=C(CCc1c(-c2ccc(F)cc2)[nH]c2ccc(F)cc12)NCCN1CCOCC1. The van der Waals surface area contributed by atoms with Crippen LogP contribution in [0.2, 0.25) is 0 Å². The van der Waals surface area contributed by atoms with Crippen molar-refractivity contribution < 1.29 is 18.3 Å². The van der Waals surface area contributed by atoms with Gasteiger partial charge < -0.3 is 15.0 Å². The standard InChI is InChI=1S/C23H25F2N3O2/c24-17-3-1-16(2-4-17)23-19(20-15-18(25)5-7-21(20)27-23)6-8-22(29)26-9-10-28-11-13-30-14-12-28/h1-5,7,15,27H,6,8-14H2,(H,26,29). The molecule has 4 rings (SSSR count). The van der Waals surface area contributed by atoms with Crippen molar-refractivity contribution in [3.63, 3.8) is 0 Å². The lowest BCUT2D eigenvalue weighted by Gasteiger charge is -2.26. The van der Waals surface area contributed by atoms with Crippen molar-refractivity contribution in [1.29, 1.82) is 0 Å². The van der Waals surface area contributed by atoms with E-state index in [1.54, 1.807) is 18.2 Å². The van der Waals surface area contributed by atoms with Crippen LogP contribution < -0.4 is 5.32 Å². The van der Waals surface area contributed by atoms with Gasteiger partial charge in [0.1, 0.15) is 11.6 Å². The lowest BCUT2D eigenvalue weighted by Crippen LogP contribution is -2.41. The molecule has 2 heterocycles. The highest BCUT2D eigenvalue weighted by Gasteiger charge is 2.16. The normalized spacial score (nSPS) is 14.9. The number of morpholine rings is 1. The van der Waals surface area contributed by atoms with Crippen LogP contribution in [0.15, 0.2) is 42.5 Å². The molecule has 0 radical (unpaired) electrons. The number of nitrogens with one attached hydrogen (secondary N) is 2. The van der Waals surface area contributed by atoms with Gasteiger partial charge in [0.05, 0.1) is 13.2 Å². The number of aromatic nitrogens is 1. The van der Waals surface area contributed by atoms with Crippen LogP contribution >= 0.6 is 0 Å². The number of nitrogens with zero attached hydrogens (tertiary/aromatic N) is 1. The lowest BCUT2D eigenvalue weighted by atomic mass is 10.0. The molecule has 0 spiro atoms. The molecule has 30 heavy (non-hydrogen) atoms. The molecule has 5 nitrogen and oxygen atoms in total. The Hall–Kier alpha value is -2.77. The summed E-state index contributed by atoms with van der Waals surface area (Å²) in [5.74, 6) is -0.690. The van der Waals surface area contributed by atoms with E-state index in [1.165, 1.54) is 24.3 Å². The monoisotopic (exact) mass is 413 g/mol. The van der Waals surface area contributed by atoms with Crippen LogP contribution in [0.1, 0.15) is 12.0 Å². The van der Waals surface area contributed by atoms with Crippen molar-refractivity contribution in [2.24, 2.45) is 0 Å². The number of aryl methyl sites for hydroxylation is 1. The second-order valence-electron chi connectivity index (χ2n) is 7.48. The summed E-state index contributed by atoms with van der Waals surface area (Å²) in [6, 6.07) is 10.7. The Kier molecular flexibility index (Phi) is 6.40. The molecule has 0 unspecified atom stereocenters. The summed E-state index contributed by atoms with van der Waals surface area (Å²) in [6.07, 6.45) is 0.750. The number of carbonyl (C=O) groups excluding carboxylic acids is 1. The molecule has 1 saturated heterocycles. The quantitative estimate of drug-likeness (QED) is 0.624. The van der Waals surface area contributed by atoms with Crippen LogP contribution in [0.3, 0.4) is 0 Å². The molecule has 0 saturated carbocycles. The van der Waals surface area contributed by atoms with E-state index in [4.69, 9.17) is 4.74 Å². The van der Waals surface area contributed by atoms with Crippen molar-refractivity contribution in [3.8, 4) is 11.3 Å². The molecule has 158 valence electrons. The topological polar surface area (TPSA) is 57.4 Å². The van der Waals surface area contributed by atoms with Crippen LogP contribution in [0, 0.1) is 11.6 Å². The Labute approximate surface area is 174 Å². The summed E-state index contributed by atoms with van der Waals surface area (Å²) in [5, 5.41) is 3.71. The molecule has 2 aromatic carbocycles. The maximum Gasteiger partial charge on any atom is 0.220 e. The second-order valence-corrected chi connectivity index (χ2v) is 7.48. The third-order valence-corrected chi connectivity index (χ3v) is 5.46. The molecule has 0 aliphatic carbocycles. The van der Waals surface area contributed by atoms with Crippen LogP contribution in [-0.4, -0.2) is 55.2 Å². The zero-order chi connectivity index (χ0) is 20.9. The van der Waals surface area contributed by atoms with E-state index in [2.05, 4.69) is 15.2 Å². The number of hydrogen-bond acceptors (Lipinski definition) is 3. The van der Waals surface area contributed by atoms with Gasteiger partial charge in [-0.1, -0.05) is 0 Å². The average molecular weight is 413 g/mol. The number of hydrogen-bond donors (Lipinski definition) is 2. The predicted octanol–water partition coefficient (Wildman–Crippen LogP) is 3.49. The van der Waals surface area contributed by atoms with Crippen molar-refractivity contribution in [3.05, 3.63) is 59.7 Å². The van der Waals surface area contributed by atoms with Crippen molar-refractivity contribution in [1.82, 2.24) is 15.2 Å². The fourth-order valence-electron chi connectivity index (χ4n) is 3.85. The Bertz CT molecular complexity index is 1010. The van der Waals surface area contributed by atoms with Crippen LogP contribution in [-0.2, 0) is 16.0 Å². The minimum absolute atomic E-state index is 0.0425. The summed E-state index contributed by atoms with van der Waals surface area (Å²) in [7, 11) is 0. The molecule has 3 aromatic rings. The summed E-state index contributed by atoms with van der Waals surface area (Å²) < 4.78 is 32.5. The number of aromatic amines is 1. The minimum atomic E-state index is -0.330. The van der Waals surface area contributed by atoms with E-state index >= 15 is 0 Å². The zero-order valence-electron chi connectivity index (χ0n) is 16.7. The number of benzene rings is 2. The van der Waals surface area contributed by atoms with Gasteiger partial charge in [0.15, 0.2) is 0 Å². The first-order chi connectivity index (χ1) is 14.6. The van der Waals surface area contributed by atoms with Gasteiger partial charge in [0, 0.05) is 49.2 Å². The number of rotatable bonds is 7.